The quantitative estimate of drug-likeness (QED) is 0.593. The van der Waals surface area contributed by atoms with Crippen molar-refractivity contribution in [2.45, 2.75) is 6.92 Å². The van der Waals surface area contributed by atoms with Crippen molar-refractivity contribution in [3.05, 3.63) is 47.0 Å². The molecule has 2 aromatic rings. The zero-order valence-corrected chi connectivity index (χ0v) is 14.8. The Kier molecular flexibility index (Phi) is 5.80. The van der Waals surface area contributed by atoms with Crippen LogP contribution in [0.25, 0.3) is 0 Å². The number of carbonyl (C=O) groups excluding carboxylic acids is 1. The molecule has 7 nitrogen and oxygen atoms in total. The number of rotatable bonds is 7. The Morgan fingerprint density at radius 2 is 1.96 bits per heavy atom. The molecule has 0 aliphatic carbocycles. The minimum Gasteiger partial charge on any atom is -0.493 e. The molecule has 0 radical (unpaired) electrons. The summed E-state index contributed by atoms with van der Waals surface area (Å²) < 4.78 is 21.6. The molecule has 0 saturated carbocycles. The first kappa shape index (κ1) is 17.9. The van der Waals surface area contributed by atoms with Gasteiger partial charge in [0, 0.05) is 16.7 Å². The van der Waals surface area contributed by atoms with Gasteiger partial charge in [-0.2, -0.15) is 5.10 Å². The summed E-state index contributed by atoms with van der Waals surface area (Å²) in [5.74, 6) is 1.96. The van der Waals surface area contributed by atoms with E-state index in [4.69, 9.17) is 30.5 Å². The lowest BCUT2D eigenvalue weighted by Gasteiger charge is -2.08. The van der Waals surface area contributed by atoms with E-state index >= 15 is 0 Å². The highest BCUT2D eigenvalue weighted by molar-refractivity contribution is 6.30. The molecule has 0 saturated heterocycles. The van der Waals surface area contributed by atoms with Gasteiger partial charge >= 0.3 is 0 Å². The molecule has 0 atom stereocenters. The second-order valence-electron chi connectivity index (χ2n) is 5.21. The fourth-order valence-electron chi connectivity index (χ4n) is 2.21. The van der Waals surface area contributed by atoms with Gasteiger partial charge in [-0.3, -0.25) is 4.79 Å². The fourth-order valence-corrected chi connectivity index (χ4v) is 2.33. The Morgan fingerprint density at radius 3 is 2.69 bits per heavy atom. The van der Waals surface area contributed by atoms with Crippen LogP contribution in [-0.4, -0.2) is 32.1 Å². The van der Waals surface area contributed by atoms with Crippen LogP contribution in [0.2, 0.25) is 5.02 Å². The van der Waals surface area contributed by atoms with E-state index in [2.05, 4.69) is 10.5 Å². The third-order valence-corrected chi connectivity index (χ3v) is 3.63. The maximum absolute atomic E-state index is 11.8. The van der Waals surface area contributed by atoms with Crippen molar-refractivity contribution in [1.29, 1.82) is 0 Å². The van der Waals surface area contributed by atoms with Crippen molar-refractivity contribution in [3.8, 4) is 23.0 Å². The van der Waals surface area contributed by atoms with E-state index < -0.39 is 5.91 Å². The number of nitrogens with zero attached hydrogens (tertiary/aromatic N) is 1. The second kappa shape index (κ2) is 8.44. The first-order valence-corrected chi connectivity index (χ1v) is 8.30. The predicted octanol–water partition coefficient (Wildman–Crippen LogP) is 3.00. The zero-order chi connectivity index (χ0) is 18.4. The lowest BCUT2D eigenvalue weighted by molar-refractivity contribution is -0.123. The van der Waals surface area contributed by atoms with Gasteiger partial charge in [-0.1, -0.05) is 11.6 Å². The maximum Gasteiger partial charge on any atom is 0.277 e. The van der Waals surface area contributed by atoms with Crippen LogP contribution in [0.15, 0.2) is 41.5 Å². The number of amides is 1. The SMILES string of the molecule is CCOc1cc2c(cc1/C=N/NC(=O)COc1ccc(Cl)cc1)OCO2. The highest BCUT2D eigenvalue weighted by atomic mass is 35.5. The number of nitrogens with one attached hydrogen (secondary N) is 1. The number of benzene rings is 2. The van der Waals surface area contributed by atoms with E-state index in [9.17, 15) is 4.79 Å². The monoisotopic (exact) mass is 376 g/mol. The van der Waals surface area contributed by atoms with Gasteiger partial charge in [-0.25, -0.2) is 5.43 Å². The van der Waals surface area contributed by atoms with Crippen molar-refractivity contribution in [2.75, 3.05) is 20.0 Å². The van der Waals surface area contributed by atoms with Gasteiger partial charge in [0.05, 0.1) is 12.8 Å². The zero-order valence-electron chi connectivity index (χ0n) is 14.0. The number of halogens is 1. The summed E-state index contributed by atoms with van der Waals surface area (Å²) in [5.41, 5.74) is 3.06. The second-order valence-corrected chi connectivity index (χ2v) is 5.65. The van der Waals surface area contributed by atoms with Crippen LogP contribution >= 0.6 is 11.6 Å². The van der Waals surface area contributed by atoms with E-state index in [1.54, 1.807) is 36.4 Å². The summed E-state index contributed by atoms with van der Waals surface area (Å²) in [5, 5.41) is 4.53. The molecule has 136 valence electrons. The van der Waals surface area contributed by atoms with Crippen molar-refractivity contribution in [2.24, 2.45) is 5.10 Å². The van der Waals surface area contributed by atoms with Gasteiger partial charge in [0.1, 0.15) is 11.5 Å². The number of carbonyl (C=O) groups is 1. The first-order valence-electron chi connectivity index (χ1n) is 7.92. The third kappa shape index (κ3) is 4.58. The Labute approximate surface area is 155 Å². The Bertz CT molecular complexity index is 808. The molecule has 0 bridgehead atoms. The van der Waals surface area contributed by atoms with Crippen LogP contribution in [0, 0.1) is 0 Å². The lowest BCUT2D eigenvalue weighted by atomic mass is 10.2. The number of hydrogen-bond acceptors (Lipinski definition) is 6. The summed E-state index contributed by atoms with van der Waals surface area (Å²) in [6.07, 6.45) is 1.48. The summed E-state index contributed by atoms with van der Waals surface area (Å²) in [4.78, 5) is 11.8. The first-order chi connectivity index (χ1) is 12.7. The van der Waals surface area contributed by atoms with Crippen molar-refractivity contribution in [1.82, 2.24) is 5.43 Å². The van der Waals surface area contributed by atoms with E-state index in [1.807, 2.05) is 6.92 Å². The average molecular weight is 377 g/mol. The maximum atomic E-state index is 11.8. The van der Waals surface area contributed by atoms with E-state index in [0.717, 1.165) is 0 Å². The molecule has 8 heteroatoms. The van der Waals surface area contributed by atoms with Crippen LogP contribution in [0.5, 0.6) is 23.0 Å². The molecule has 0 spiro atoms. The highest BCUT2D eigenvalue weighted by Gasteiger charge is 2.17. The van der Waals surface area contributed by atoms with Crippen molar-refractivity contribution < 1.29 is 23.7 Å². The lowest BCUT2D eigenvalue weighted by Crippen LogP contribution is -2.24. The number of hydrazone groups is 1. The van der Waals surface area contributed by atoms with Crippen LogP contribution in [0.1, 0.15) is 12.5 Å². The molecule has 0 unspecified atom stereocenters. The van der Waals surface area contributed by atoms with Crippen LogP contribution < -0.4 is 24.4 Å². The summed E-state index contributed by atoms with van der Waals surface area (Å²) in [6, 6.07) is 10.2. The molecule has 1 N–H and O–H groups in total. The molecule has 1 heterocycles. The van der Waals surface area contributed by atoms with Crippen LogP contribution in [0.4, 0.5) is 0 Å². The fraction of sp³-hybridized carbons (Fsp3) is 0.222. The smallest absolute Gasteiger partial charge is 0.277 e. The Hall–Kier alpha value is -2.93. The highest BCUT2D eigenvalue weighted by Crippen LogP contribution is 2.37. The minimum atomic E-state index is -0.394. The van der Waals surface area contributed by atoms with E-state index in [0.29, 0.717) is 40.2 Å². The summed E-state index contributed by atoms with van der Waals surface area (Å²) in [6.45, 7) is 2.36. The topological polar surface area (TPSA) is 78.4 Å². The van der Waals surface area contributed by atoms with Crippen LogP contribution in [0.3, 0.4) is 0 Å². The van der Waals surface area contributed by atoms with Gasteiger partial charge < -0.3 is 18.9 Å². The van der Waals surface area contributed by atoms with Crippen LogP contribution in [-0.2, 0) is 4.79 Å². The minimum absolute atomic E-state index is 0.167. The summed E-state index contributed by atoms with van der Waals surface area (Å²) >= 11 is 5.79. The molecule has 3 rings (SSSR count). The number of hydrogen-bond donors (Lipinski definition) is 1. The van der Waals surface area contributed by atoms with Gasteiger partial charge in [-0.05, 0) is 37.3 Å². The molecule has 1 aliphatic heterocycles. The normalized spacial score (nSPS) is 12.2. The molecular weight excluding hydrogens is 360 g/mol. The average Bonchev–Trinajstić information content (AvgIpc) is 3.09. The third-order valence-electron chi connectivity index (χ3n) is 3.38. The summed E-state index contributed by atoms with van der Waals surface area (Å²) in [7, 11) is 0. The largest absolute Gasteiger partial charge is 0.493 e. The van der Waals surface area contributed by atoms with Gasteiger partial charge in [0.2, 0.25) is 6.79 Å². The van der Waals surface area contributed by atoms with E-state index in [1.165, 1.54) is 6.21 Å². The number of fused-ring (bicyclic) bond motifs is 1. The number of ether oxygens (including phenoxy) is 4. The molecule has 0 aromatic heterocycles. The van der Waals surface area contributed by atoms with E-state index in [-0.39, 0.29) is 13.4 Å². The molecule has 0 fully saturated rings. The van der Waals surface area contributed by atoms with Gasteiger partial charge in [0.15, 0.2) is 18.1 Å². The standard InChI is InChI=1S/C18H17ClN2O5/c1-2-23-15-8-17-16(25-11-26-17)7-12(15)9-20-21-18(22)10-24-14-5-3-13(19)4-6-14/h3-9H,2,10-11H2,1H3,(H,21,22)/b20-9+. The molecule has 1 amide bonds. The van der Waals surface area contributed by atoms with Gasteiger partial charge in [0.25, 0.3) is 5.91 Å². The molecule has 2 aromatic carbocycles. The Morgan fingerprint density at radius 1 is 1.23 bits per heavy atom. The van der Waals surface area contributed by atoms with Crippen molar-refractivity contribution in [3.63, 3.8) is 0 Å². The van der Waals surface area contributed by atoms with Gasteiger partial charge in [-0.15, -0.1) is 0 Å². The molecule has 1 aliphatic rings. The van der Waals surface area contributed by atoms with Crippen molar-refractivity contribution >= 4 is 23.7 Å². The molecular formula is C18H17ClN2O5. The molecule has 26 heavy (non-hydrogen) atoms. The predicted molar refractivity (Wildman–Crippen MR) is 96.4 cm³/mol. The Balaban J connectivity index is 1.57.